The third-order valence-electron chi connectivity index (χ3n) is 9.07. The van der Waals surface area contributed by atoms with Crippen molar-refractivity contribution in [3.63, 3.8) is 0 Å². The summed E-state index contributed by atoms with van der Waals surface area (Å²) in [5.74, 6) is -2.53. The quantitative estimate of drug-likeness (QED) is 0.116. The summed E-state index contributed by atoms with van der Waals surface area (Å²) in [4.78, 5) is 34.2. The standard InChI is InChI=1S/C22H22F2N6O.C18H13F2N5O2S/c1-13-20-29-18(15-5-4-14(23)10-16(15)24)19(30(20)9-8-25-13)17-6-7-26-21(28-17)27-11-22(2,3)12-31;1-10-17-24-15(12-4-3-11(19)9-13(12)20)16(25(17)8-7-21-10)14-5-6-22-18(23-14)28(2,26)27/h4-10,31H,11-12H2,1-3H3,(H,26,27,28);3-9H,1-2H3. The Bertz CT molecular complexity index is 2990. The summed E-state index contributed by atoms with van der Waals surface area (Å²) < 4.78 is 83.2. The van der Waals surface area contributed by atoms with E-state index in [2.05, 4.69) is 45.2 Å². The summed E-state index contributed by atoms with van der Waals surface area (Å²) in [6.45, 7) is 7.84. The smallest absolute Gasteiger partial charge is 0.247 e. The molecule has 6 aromatic heterocycles. The van der Waals surface area contributed by atoms with Gasteiger partial charge in [-0.2, -0.15) is 0 Å². The first-order chi connectivity index (χ1) is 28.0. The van der Waals surface area contributed by atoms with Gasteiger partial charge in [-0.15, -0.1) is 0 Å². The number of halogens is 4. The number of fused-ring (bicyclic) bond motifs is 2. The van der Waals surface area contributed by atoms with Crippen LogP contribution in [-0.4, -0.2) is 81.6 Å². The van der Waals surface area contributed by atoms with E-state index in [-0.39, 0.29) is 39.7 Å². The summed E-state index contributed by atoms with van der Waals surface area (Å²) in [5, 5.41) is 12.2. The number of hydrogen-bond donors (Lipinski definition) is 2. The summed E-state index contributed by atoms with van der Waals surface area (Å²) in [6.07, 6.45) is 10.4. The van der Waals surface area contributed by atoms with Gasteiger partial charge in [-0.25, -0.2) is 55.9 Å². The molecule has 302 valence electrons. The number of benzene rings is 2. The second kappa shape index (κ2) is 15.9. The topological polar surface area (TPSA) is 178 Å². The molecule has 2 N–H and O–H groups in total. The molecule has 0 spiro atoms. The van der Waals surface area contributed by atoms with Crippen molar-refractivity contribution in [2.45, 2.75) is 32.9 Å². The van der Waals surface area contributed by atoms with Crippen molar-refractivity contribution in [1.29, 1.82) is 0 Å². The molecule has 0 aliphatic rings. The first-order valence-corrected chi connectivity index (χ1v) is 19.7. The average Bonchev–Trinajstić information content (AvgIpc) is 3.78. The normalized spacial score (nSPS) is 11.8. The van der Waals surface area contributed by atoms with E-state index < -0.39 is 33.1 Å². The van der Waals surface area contributed by atoms with Crippen LogP contribution in [-0.2, 0) is 9.84 Å². The van der Waals surface area contributed by atoms with Gasteiger partial charge in [-0.05, 0) is 50.2 Å². The number of nitrogens with zero attached hydrogens (tertiary/aromatic N) is 10. The molecule has 8 rings (SSSR count). The Kier molecular flexibility index (Phi) is 10.9. The van der Waals surface area contributed by atoms with E-state index in [9.17, 15) is 31.1 Å². The zero-order valence-electron chi connectivity index (χ0n) is 32.2. The minimum Gasteiger partial charge on any atom is -0.396 e. The van der Waals surface area contributed by atoms with Crippen LogP contribution in [0, 0.1) is 42.5 Å². The van der Waals surface area contributed by atoms with Crippen molar-refractivity contribution in [2.75, 3.05) is 24.7 Å². The van der Waals surface area contributed by atoms with Crippen molar-refractivity contribution in [3.8, 4) is 45.3 Å². The van der Waals surface area contributed by atoms with Crippen molar-refractivity contribution in [1.82, 2.24) is 48.7 Å². The molecule has 6 heterocycles. The predicted molar refractivity (Wildman–Crippen MR) is 211 cm³/mol. The van der Waals surface area contributed by atoms with Crippen LogP contribution in [0.2, 0.25) is 0 Å². The molecule has 0 atom stereocenters. The Labute approximate surface area is 334 Å². The highest BCUT2D eigenvalue weighted by Gasteiger charge is 2.24. The molecule has 59 heavy (non-hydrogen) atoms. The number of nitrogens with one attached hydrogen (secondary N) is 1. The highest BCUT2D eigenvalue weighted by atomic mass is 32.2. The zero-order chi connectivity index (χ0) is 42.2. The largest absolute Gasteiger partial charge is 0.396 e. The Balaban J connectivity index is 0.000000180. The molecule has 0 saturated carbocycles. The highest BCUT2D eigenvalue weighted by molar-refractivity contribution is 7.90. The predicted octanol–water partition coefficient (Wildman–Crippen LogP) is 6.71. The van der Waals surface area contributed by atoms with Gasteiger partial charge in [0.15, 0.2) is 11.3 Å². The van der Waals surface area contributed by atoms with Crippen LogP contribution < -0.4 is 5.32 Å². The molecule has 14 nitrogen and oxygen atoms in total. The molecule has 0 unspecified atom stereocenters. The molecule has 2 aromatic carbocycles. The summed E-state index contributed by atoms with van der Waals surface area (Å²) in [7, 11) is -3.66. The van der Waals surface area contributed by atoms with Crippen LogP contribution in [0.15, 0.2) is 90.9 Å². The van der Waals surface area contributed by atoms with E-state index >= 15 is 0 Å². The van der Waals surface area contributed by atoms with E-state index in [1.54, 1.807) is 53.5 Å². The van der Waals surface area contributed by atoms with Crippen molar-refractivity contribution < 1.29 is 31.1 Å². The molecule has 0 aliphatic heterocycles. The van der Waals surface area contributed by atoms with Crippen LogP contribution in [0.25, 0.3) is 56.6 Å². The van der Waals surface area contributed by atoms with Gasteiger partial charge in [0, 0.05) is 85.3 Å². The molecule has 0 fully saturated rings. The van der Waals surface area contributed by atoms with E-state index in [1.165, 1.54) is 36.7 Å². The Morgan fingerprint density at radius 3 is 1.64 bits per heavy atom. The second-order valence-corrected chi connectivity index (χ2v) is 16.1. The maximum Gasteiger partial charge on any atom is 0.247 e. The van der Waals surface area contributed by atoms with Crippen LogP contribution in [0.4, 0.5) is 23.5 Å². The molecule has 0 radical (unpaired) electrons. The van der Waals surface area contributed by atoms with E-state index in [0.29, 0.717) is 58.0 Å². The van der Waals surface area contributed by atoms with Crippen LogP contribution in [0.5, 0.6) is 0 Å². The molecule has 0 aliphatic carbocycles. The lowest BCUT2D eigenvalue weighted by Gasteiger charge is -2.21. The molecular formula is C40H35F4N11O3S. The van der Waals surface area contributed by atoms with Gasteiger partial charge in [0.05, 0.1) is 34.2 Å². The van der Waals surface area contributed by atoms with Gasteiger partial charge in [0.25, 0.3) is 0 Å². The Morgan fingerprint density at radius 1 is 0.678 bits per heavy atom. The first kappa shape index (κ1) is 40.5. The third-order valence-corrected chi connectivity index (χ3v) is 9.93. The summed E-state index contributed by atoms with van der Waals surface area (Å²) in [5.41, 5.74) is 4.23. The molecule has 0 amide bonds. The number of rotatable bonds is 9. The summed E-state index contributed by atoms with van der Waals surface area (Å²) in [6, 6.07) is 9.75. The van der Waals surface area contributed by atoms with Crippen molar-refractivity contribution >= 4 is 27.1 Å². The van der Waals surface area contributed by atoms with Crippen LogP contribution in [0.1, 0.15) is 25.2 Å². The van der Waals surface area contributed by atoms with Crippen molar-refractivity contribution in [3.05, 3.63) is 120 Å². The molecular weight excluding hydrogens is 791 g/mol. The fraction of sp³-hybridized carbons (Fsp3) is 0.200. The van der Waals surface area contributed by atoms with E-state index in [4.69, 9.17) is 0 Å². The number of aliphatic hydroxyl groups is 1. The fourth-order valence-corrected chi connectivity index (χ4v) is 6.55. The number of imidazole rings is 2. The SMILES string of the molecule is Cc1nccn2c(-c3ccnc(NCC(C)(C)CO)n3)c(-c3ccc(F)cc3F)nc12.Cc1nccn2c(-c3ccnc(S(C)(=O)=O)n3)c(-c3ccc(F)cc3F)nc12. The number of aromatic nitrogens is 10. The lowest BCUT2D eigenvalue weighted by Crippen LogP contribution is -2.27. The van der Waals surface area contributed by atoms with Gasteiger partial charge >= 0.3 is 0 Å². The second-order valence-electron chi connectivity index (χ2n) is 14.2. The van der Waals surface area contributed by atoms with Gasteiger partial charge in [-0.3, -0.25) is 18.8 Å². The van der Waals surface area contributed by atoms with Crippen molar-refractivity contribution in [2.24, 2.45) is 5.41 Å². The third kappa shape index (κ3) is 8.33. The average molecular weight is 826 g/mol. The number of aliphatic hydroxyl groups excluding tert-OH is 1. The molecule has 8 aromatic rings. The Hall–Kier alpha value is -6.73. The number of anilines is 1. The maximum atomic E-state index is 14.7. The number of aryl methyl sites for hydroxylation is 2. The molecule has 0 bridgehead atoms. The lowest BCUT2D eigenvalue weighted by atomic mass is 9.95. The van der Waals surface area contributed by atoms with Crippen LogP contribution in [0.3, 0.4) is 0 Å². The number of sulfone groups is 1. The van der Waals surface area contributed by atoms with Gasteiger partial charge in [-0.1, -0.05) is 13.8 Å². The maximum absolute atomic E-state index is 14.7. The monoisotopic (exact) mass is 825 g/mol. The van der Waals surface area contributed by atoms with Gasteiger partial charge in [0.2, 0.25) is 20.9 Å². The molecule has 0 saturated heterocycles. The van der Waals surface area contributed by atoms with E-state index in [0.717, 1.165) is 24.5 Å². The lowest BCUT2D eigenvalue weighted by molar-refractivity contribution is 0.170. The zero-order valence-corrected chi connectivity index (χ0v) is 33.0. The first-order valence-electron chi connectivity index (χ1n) is 17.8. The van der Waals surface area contributed by atoms with Gasteiger partial charge in [0.1, 0.15) is 34.7 Å². The molecule has 19 heteroatoms. The summed E-state index contributed by atoms with van der Waals surface area (Å²) >= 11 is 0. The van der Waals surface area contributed by atoms with E-state index in [1.807, 2.05) is 13.8 Å². The minimum atomic E-state index is -3.66. The fourth-order valence-electron chi connectivity index (χ4n) is 6.03. The minimum absolute atomic E-state index is 0.00716. The Morgan fingerprint density at radius 2 is 1.17 bits per heavy atom. The van der Waals surface area contributed by atoms with Crippen LogP contribution >= 0.6 is 0 Å². The number of hydrogen-bond acceptors (Lipinski definition) is 12. The highest BCUT2D eigenvalue weighted by Crippen LogP contribution is 2.36. The van der Waals surface area contributed by atoms with Gasteiger partial charge < -0.3 is 10.4 Å².